The van der Waals surface area contributed by atoms with Gasteiger partial charge in [0, 0.05) is 26.2 Å². The van der Waals surface area contributed by atoms with Crippen molar-refractivity contribution in [2.45, 2.75) is 0 Å². The second kappa shape index (κ2) is 6.93. The minimum Gasteiger partial charge on any atom is -0.368 e. The van der Waals surface area contributed by atoms with E-state index in [0.29, 0.717) is 5.82 Å². The standard InChI is InChI=1S/C16H16ClFN4O/c17-13-3-1-2-12(15(13)18)16(23)21-14-5-4-11(10-20-14)22-8-6-19-7-9-22/h1-5,10,19H,6-9H2,(H,20,21,23). The first-order valence-corrected chi connectivity index (χ1v) is 7.70. The van der Waals surface area contributed by atoms with Crippen molar-refractivity contribution < 1.29 is 9.18 Å². The molecule has 7 heteroatoms. The van der Waals surface area contributed by atoms with Crippen LogP contribution < -0.4 is 15.5 Å². The Morgan fingerprint density at radius 3 is 2.74 bits per heavy atom. The molecule has 0 saturated carbocycles. The highest BCUT2D eigenvalue weighted by Gasteiger charge is 2.15. The molecule has 0 bridgehead atoms. The topological polar surface area (TPSA) is 57.3 Å². The summed E-state index contributed by atoms with van der Waals surface area (Å²) in [5.74, 6) is -0.940. The van der Waals surface area contributed by atoms with Crippen molar-refractivity contribution in [2.75, 3.05) is 36.4 Å². The average molecular weight is 335 g/mol. The van der Waals surface area contributed by atoms with Crippen LogP contribution in [0, 0.1) is 5.82 Å². The van der Waals surface area contributed by atoms with Crippen LogP contribution in [0.5, 0.6) is 0 Å². The smallest absolute Gasteiger partial charge is 0.259 e. The van der Waals surface area contributed by atoms with Gasteiger partial charge in [0.2, 0.25) is 0 Å². The molecule has 3 rings (SSSR count). The molecule has 2 N–H and O–H groups in total. The van der Waals surface area contributed by atoms with E-state index in [4.69, 9.17) is 11.6 Å². The van der Waals surface area contributed by atoms with Crippen molar-refractivity contribution >= 4 is 29.0 Å². The third kappa shape index (κ3) is 3.60. The SMILES string of the molecule is O=C(Nc1ccc(N2CCNCC2)cn1)c1cccc(Cl)c1F. The van der Waals surface area contributed by atoms with E-state index in [0.717, 1.165) is 31.9 Å². The van der Waals surface area contributed by atoms with E-state index in [2.05, 4.69) is 20.5 Å². The van der Waals surface area contributed by atoms with E-state index >= 15 is 0 Å². The maximum atomic E-state index is 13.8. The minimum absolute atomic E-state index is 0.0836. The lowest BCUT2D eigenvalue weighted by molar-refractivity contribution is 0.102. The Morgan fingerprint density at radius 1 is 1.26 bits per heavy atom. The Morgan fingerprint density at radius 2 is 2.04 bits per heavy atom. The molecule has 1 saturated heterocycles. The highest BCUT2D eigenvalue weighted by molar-refractivity contribution is 6.31. The third-order valence-corrected chi connectivity index (χ3v) is 3.96. The summed E-state index contributed by atoms with van der Waals surface area (Å²) >= 11 is 5.69. The van der Waals surface area contributed by atoms with E-state index in [-0.39, 0.29) is 10.6 Å². The first-order valence-electron chi connectivity index (χ1n) is 7.32. The maximum Gasteiger partial charge on any atom is 0.259 e. The summed E-state index contributed by atoms with van der Waals surface area (Å²) in [5, 5.41) is 5.78. The molecule has 120 valence electrons. The number of hydrogen-bond acceptors (Lipinski definition) is 4. The molecule has 0 spiro atoms. The molecular formula is C16H16ClFN4O. The number of amides is 1. The van der Waals surface area contributed by atoms with E-state index in [1.165, 1.54) is 18.2 Å². The number of aromatic nitrogens is 1. The number of nitrogens with zero attached hydrogens (tertiary/aromatic N) is 2. The van der Waals surface area contributed by atoms with Gasteiger partial charge in [0.25, 0.3) is 5.91 Å². The number of nitrogens with one attached hydrogen (secondary N) is 2. The number of benzene rings is 1. The minimum atomic E-state index is -0.732. The number of halogens is 2. The Bertz CT molecular complexity index is 702. The normalized spacial score (nSPS) is 14.6. The largest absolute Gasteiger partial charge is 0.368 e. The Labute approximate surface area is 138 Å². The van der Waals surface area contributed by atoms with Crippen LogP contribution in [0.1, 0.15) is 10.4 Å². The van der Waals surface area contributed by atoms with E-state index in [9.17, 15) is 9.18 Å². The zero-order valence-corrected chi connectivity index (χ0v) is 13.1. The highest BCUT2D eigenvalue weighted by atomic mass is 35.5. The molecule has 5 nitrogen and oxygen atoms in total. The van der Waals surface area contributed by atoms with Gasteiger partial charge in [0.15, 0.2) is 5.82 Å². The van der Waals surface area contributed by atoms with Crippen molar-refractivity contribution in [3.8, 4) is 0 Å². The van der Waals surface area contributed by atoms with Gasteiger partial charge in [0.1, 0.15) is 5.82 Å². The molecule has 1 aromatic carbocycles. The molecule has 0 unspecified atom stereocenters. The second-order valence-electron chi connectivity index (χ2n) is 5.19. The van der Waals surface area contributed by atoms with Gasteiger partial charge in [-0.15, -0.1) is 0 Å². The molecule has 1 amide bonds. The average Bonchev–Trinajstić information content (AvgIpc) is 2.59. The van der Waals surface area contributed by atoms with Crippen molar-refractivity contribution in [1.82, 2.24) is 10.3 Å². The highest BCUT2D eigenvalue weighted by Crippen LogP contribution is 2.20. The predicted molar refractivity (Wildman–Crippen MR) is 88.7 cm³/mol. The molecule has 1 fully saturated rings. The van der Waals surface area contributed by atoms with E-state index in [1.807, 2.05) is 6.07 Å². The number of rotatable bonds is 3. The van der Waals surface area contributed by atoms with E-state index in [1.54, 1.807) is 12.3 Å². The van der Waals surface area contributed by atoms with E-state index < -0.39 is 11.7 Å². The number of carbonyl (C=O) groups is 1. The maximum absolute atomic E-state index is 13.8. The molecule has 2 aromatic rings. The molecule has 23 heavy (non-hydrogen) atoms. The molecule has 0 aliphatic carbocycles. The fourth-order valence-electron chi connectivity index (χ4n) is 2.43. The van der Waals surface area contributed by atoms with Crippen LogP contribution in [-0.2, 0) is 0 Å². The van der Waals surface area contributed by atoms with Gasteiger partial charge in [-0.05, 0) is 24.3 Å². The van der Waals surface area contributed by atoms with Crippen LogP contribution in [-0.4, -0.2) is 37.1 Å². The summed E-state index contributed by atoms with van der Waals surface area (Å²) < 4.78 is 13.8. The summed E-state index contributed by atoms with van der Waals surface area (Å²) in [7, 11) is 0. The number of carbonyl (C=O) groups excluding carboxylic acids is 1. The molecule has 0 radical (unpaired) electrons. The lowest BCUT2D eigenvalue weighted by Crippen LogP contribution is -2.43. The predicted octanol–water partition coefficient (Wildman–Crippen LogP) is 2.54. The molecule has 0 atom stereocenters. The number of pyridine rings is 1. The summed E-state index contributed by atoms with van der Waals surface area (Å²) in [4.78, 5) is 18.5. The van der Waals surface area contributed by atoms with Gasteiger partial charge in [-0.2, -0.15) is 0 Å². The molecular weight excluding hydrogens is 319 g/mol. The van der Waals surface area contributed by atoms with Gasteiger partial charge in [-0.1, -0.05) is 17.7 Å². The third-order valence-electron chi connectivity index (χ3n) is 3.67. The number of anilines is 2. The van der Waals surface area contributed by atoms with Crippen LogP contribution in [0.2, 0.25) is 5.02 Å². The summed E-state index contributed by atoms with van der Waals surface area (Å²) in [6, 6.07) is 7.90. The summed E-state index contributed by atoms with van der Waals surface area (Å²) in [6.45, 7) is 3.71. The van der Waals surface area contributed by atoms with Gasteiger partial charge < -0.3 is 15.5 Å². The van der Waals surface area contributed by atoms with Gasteiger partial charge in [0.05, 0.1) is 22.5 Å². The van der Waals surface area contributed by atoms with Gasteiger partial charge in [-0.3, -0.25) is 4.79 Å². The number of piperazine rings is 1. The molecule has 2 heterocycles. The Kier molecular flexibility index (Phi) is 4.73. The van der Waals surface area contributed by atoms with Crippen molar-refractivity contribution in [1.29, 1.82) is 0 Å². The molecule has 1 aromatic heterocycles. The van der Waals surface area contributed by atoms with Crippen LogP contribution in [0.25, 0.3) is 0 Å². The summed E-state index contributed by atoms with van der Waals surface area (Å²) in [6.07, 6.45) is 1.70. The number of hydrogen-bond donors (Lipinski definition) is 2. The zero-order chi connectivity index (χ0) is 16.2. The zero-order valence-electron chi connectivity index (χ0n) is 12.4. The van der Waals surface area contributed by atoms with Crippen molar-refractivity contribution in [3.05, 3.63) is 52.9 Å². The second-order valence-corrected chi connectivity index (χ2v) is 5.60. The van der Waals surface area contributed by atoms with Crippen LogP contribution in [0.4, 0.5) is 15.9 Å². The Balaban J connectivity index is 1.70. The fourth-order valence-corrected chi connectivity index (χ4v) is 2.61. The van der Waals surface area contributed by atoms with Crippen molar-refractivity contribution in [3.63, 3.8) is 0 Å². The molecule has 1 aliphatic heterocycles. The Hall–Kier alpha value is -2.18. The van der Waals surface area contributed by atoms with Gasteiger partial charge >= 0.3 is 0 Å². The van der Waals surface area contributed by atoms with Crippen LogP contribution >= 0.6 is 11.6 Å². The first kappa shape index (κ1) is 15.7. The van der Waals surface area contributed by atoms with Crippen LogP contribution in [0.15, 0.2) is 36.5 Å². The van der Waals surface area contributed by atoms with Crippen molar-refractivity contribution in [2.24, 2.45) is 0 Å². The fraction of sp³-hybridized carbons (Fsp3) is 0.250. The van der Waals surface area contributed by atoms with Crippen LogP contribution in [0.3, 0.4) is 0 Å². The molecule has 1 aliphatic rings. The monoisotopic (exact) mass is 334 g/mol. The van der Waals surface area contributed by atoms with Gasteiger partial charge in [-0.25, -0.2) is 9.37 Å². The lowest BCUT2D eigenvalue weighted by Gasteiger charge is -2.29. The summed E-state index contributed by atoms with van der Waals surface area (Å²) in [5.41, 5.74) is 0.893. The lowest BCUT2D eigenvalue weighted by atomic mass is 10.2. The first-order chi connectivity index (χ1) is 11.1. The quantitative estimate of drug-likeness (QED) is 0.905.